The summed E-state index contributed by atoms with van der Waals surface area (Å²) in [6.45, 7) is 0.346. The first-order chi connectivity index (χ1) is 11.0. The van der Waals surface area contributed by atoms with Crippen LogP contribution in [-0.2, 0) is 17.8 Å². The number of fused-ring (bicyclic) bond motifs is 1. The number of hydrogen-bond acceptors (Lipinski definition) is 4. The fraction of sp³-hybridized carbons (Fsp3) is 0.200. The molecule has 0 saturated carbocycles. The number of rotatable bonds is 3. The van der Waals surface area contributed by atoms with Crippen molar-refractivity contribution in [1.82, 2.24) is 4.57 Å². The first-order valence-corrected chi connectivity index (χ1v) is 7.68. The van der Waals surface area contributed by atoms with E-state index in [9.17, 15) is 19.7 Å². The van der Waals surface area contributed by atoms with Crippen LogP contribution in [0.4, 0.5) is 11.4 Å². The zero-order valence-electron chi connectivity index (χ0n) is 11.9. The third kappa shape index (κ3) is 3.02. The van der Waals surface area contributed by atoms with E-state index in [2.05, 4.69) is 15.9 Å². The Labute approximate surface area is 139 Å². The van der Waals surface area contributed by atoms with E-state index in [-0.39, 0.29) is 23.7 Å². The van der Waals surface area contributed by atoms with Crippen molar-refractivity contribution in [2.75, 3.05) is 11.4 Å². The van der Waals surface area contributed by atoms with Crippen LogP contribution >= 0.6 is 15.9 Å². The number of non-ortho nitro benzene ring substituents is 1. The molecular formula is C15H12BrN3O4. The van der Waals surface area contributed by atoms with Crippen LogP contribution in [0.3, 0.4) is 0 Å². The van der Waals surface area contributed by atoms with E-state index in [4.69, 9.17) is 0 Å². The van der Waals surface area contributed by atoms with Crippen LogP contribution in [0.2, 0.25) is 0 Å². The van der Waals surface area contributed by atoms with Gasteiger partial charge in [-0.05, 0) is 34.0 Å². The molecule has 0 spiro atoms. The SMILES string of the molecule is O=C(Cn1cc(Br)ccc1=O)N1CCc2ccc([N+](=O)[O-])cc21. The van der Waals surface area contributed by atoms with Crippen LogP contribution in [-0.4, -0.2) is 21.9 Å². The van der Waals surface area contributed by atoms with Crippen molar-refractivity contribution >= 4 is 33.2 Å². The van der Waals surface area contributed by atoms with Gasteiger partial charge in [0.05, 0.1) is 10.6 Å². The molecule has 0 saturated heterocycles. The summed E-state index contributed by atoms with van der Waals surface area (Å²) in [7, 11) is 0. The highest BCUT2D eigenvalue weighted by molar-refractivity contribution is 9.10. The summed E-state index contributed by atoms with van der Waals surface area (Å²) < 4.78 is 2.00. The molecule has 1 aliphatic rings. The quantitative estimate of drug-likeness (QED) is 0.605. The number of nitro groups is 1. The molecule has 0 unspecified atom stereocenters. The monoisotopic (exact) mass is 377 g/mol. The number of benzene rings is 1. The van der Waals surface area contributed by atoms with Gasteiger partial charge >= 0.3 is 0 Å². The molecule has 2 aromatic rings. The van der Waals surface area contributed by atoms with E-state index in [1.54, 1.807) is 18.3 Å². The molecule has 1 amide bonds. The van der Waals surface area contributed by atoms with E-state index in [1.165, 1.54) is 27.7 Å². The van der Waals surface area contributed by atoms with Crippen LogP contribution < -0.4 is 10.5 Å². The Morgan fingerprint density at radius 2 is 2.09 bits per heavy atom. The Morgan fingerprint density at radius 3 is 2.83 bits per heavy atom. The first-order valence-electron chi connectivity index (χ1n) is 6.89. The number of nitrogens with zero attached hydrogens (tertiary/aromatic N) is 3. The van der Waals surface area contributed by atoms with Crippen LogP contribution in [0, 0.1) is 10.1 Å². The number of aromatic nitrogens is 1. The van der Waals surface area contributed by atoms with Gasteiger partial charge in [-0.15, -0.1) is 0 Å². The maximum Gasteiger partial charge on any atom is 0.271 e. The second kappa shape index (κ2) is 5.96. The van der Waals surface area contributed by atoms with Gasteiger partial charge in [-0.25, -0.2) is 0 Å². The molecule has 7 nitrogen and oxygen atoms in total. The van der Waals surface area contributed by atoms with Gasteiger partial charge in [0, 0.05) is 35.4 Å². The third-order valence-electron chi connectivity index (χ3n) is 3.73. The molecule has 23 heavy (non-hydrogen) atoms. The van der Waals surface area contributed by atoms with Crippen LogP contribution in [0.1, 0.15) is 5.56 Å². The van der Waals surface area contributed by atoms with Crippen molar-refractivity contribution in [2.45, 2.75) is 13.0 Å². The molecule has 2 heterocycles. The molecule has 3 rings (SSSR count). The van der Waals surface area contributed by atoms with Crippen molar-refractivity contribution in [1.29, 1.82) is 0 Å². The number of halogens is 1. The molecule has 1 aliphatic heterocycles. The Bertz CT molecular complexity index is 862. The molecule has 0 aliphatic carbocycles. The fourth-order valence-corrected chi connectivity index (χ4v) is 2.98. The van der Waals surface area contributed by atoms with Crippen molar-refractivity contribution < 1.29 is 9.72 Å². The zero-order chi connectivity index (χ0) is 16.6. The van der Waals surface area contributed by atoms with E-state index in [1.807, 2.05) is 0 Å². The van der Waals surface area contributed by atoms with E-state index in [0.717, 1.165) is 5.56 Å². The van der Waals surface area contributed by atoms with Crippen molar-refractivity contribution in [3.63, 3.8) is 0 Å². The zero-order valence-corrected chi connectivity index (χ0v) is 13.5. The fourth-order valence-electron chi connectivity index (χ4n) is 2.60. The minimum absolute atomic E-state index is 0.0527. The standard InChI is InChI=1S/C15H12BrN3O4/c16-11-2-4-14(20)17(8-11)9-15(21)18-6-5-10-1-3-12(19(22)23)7-13(10)18/h1-4,7-8H,5-6,9H2. The number of pyridine rings is 1. The lowest BCUT2D eigenvalue weighted by Gasteiger charge is -2.18. The van der Waals surface area contributed by atoms with E-state index >= 15 is 0 Å². The highest BCUT2D eigenvalue weighted by atomic mass is 79.9. The summed E-state index contributed by atoms with van der Waals surface area (Å²) in [5.41, 5.74) is 1.11. The summed E-state index contributed by atoms with van der Waals surface area (Å²) in [5.74, 6) is -0.274. The smallest absolute Gasteiger partial charge is 0.271 e. The summed E-state index contributed by atoms with van der Waals surface area (Å²) in [4.78, 5) is 36.2. The lowest BCUT2D eigenvalue weighted by molar-refractivity contribution is -0.384. The van der Waals surface area contributed by atoms with Gasteiger partial charge in [-0.2, -0.15) is 0 Å². The summed E-state index contributed by atoms with van der Waals surface area (Å²) in [6, 6.07) is 7.50. The molecule has 0 atom stereocenters. The van der Waals surface area contributed by atoms with Gasteiger partial charge < -0.3 is 9.47 Å². The second-order valence-electron chi connectivity index (χ2n) is 5.18. The number of nitro benzene ring substituents is 1. The molecule has 0 fully saturated rings. The van der Waals surface area contributed by atoms with E-state index in [0.29, 0.717) is 23.1 Å². The molecular weight excluding hydrogens is 366 g/mol. The first kappa shape index (κ1) is 15.4. The van der Waals surface area contributed by atoms with Crippen LogP contribution in [0.5, 0.6) is 0 Å². The number of carbonyl (C=O) groups excluding carboxylic acids is 1. The highest BCUT2D eigenvalue weighted by Gasteiger charge is 2.26. The second-order valence-corrected chi connectivity index (χ2v) is 6.09. The molecule has 8 heteroatoms. The van der Waals surface area contributed by atoms with E-state index < -0.39 is 4.92 Å². The average molecular weight is 378 g/mol. The predicted octanol–water partition coefficient (Wildman–Crippen LogP) is 2.11. The Kier molecular flexibility index (Phi) is 3.99. The third-order valence-corrected chi connectivity index (χ3v) is 4.20. The van der Waals surface area contributed by atoms with Gasteiger partial charge in [0.25, 0.3) is 11.2 Å². The summed E-state index contributed by atoms with van der Waals surface area (Å²) in [5, 5.41) is 10.9. The van der Waals surface area contributed by atoms with Gasteiger partial charge in [-0.1, -0.05) is 6.07 Å². The normalized spacial score (nSPS) is 13.0. The summed E-state index contributed by atoms with van der Waals surface area (Å²) >= 11 is 3.26. The molecule has 1 aromatic carbocycles. The highest BCUT2D eigenvalue weighted by Crippen LogP contribution is 2.31. The maximum atomic E-state index is 12.5. The van der Waals surface area contributed by atoms with Gasteiger partial charge in [0.2, 0.25) is 5.91 Å². The number of anilines is 1. The number of hydrogen-bond donors (Lipinski definition) is 0. The van der Waals surface area contributed by atoms with Crippen molar-refractivity contribution in [2.24, 2.45) is 0 Å². The van der Waals surface area contributed by atoms with Gasteiger partial charge in [0.15, 0.2) is 0 Å². The van der Waals surface area contributed by atoms with Gasteiger partial charge in [0.1, 0.15) is 6.54 Å². The molecule has 0 N–H and O–H groups in total. The minimum Gasteiger partial charge on any atom is -0.310 e. The minimum atomic E-state index is -0.486. The van der Waals surface area contributed by atoms with Gasteiger partial charge in [-0.3, -0.25) is 19.7 Å². The van der Waals surface area contributed by atoms with Crippen molar-refractivity contribution in [3.8, 4) is 0 Å². The molecule has 1 aromatic heterocycles. The number of carbonyl (C=O) groups is 1. The van der Waals surface area contributed by atoms with Crippen LogP contribution in [0.25, 0.3) is 0 Å². The maximum absolute atomic E-state index is 12.5. The largest absolute Gasteiger partial charge is 0.310 e. The molecule has 0 bridgehead atoms. The van der Waals surface area contributed by atoms with Crippen molar-refractivity contribution in [3.05, 3.63) is 67.0 Å². The Balaban J connectivity index is 1.88. The Morgan fingerprint density at radius 1 is 1.30 bits per heavy atom. The van der Waals surface area contributed by atoms with Crippen LogP contribution in [0.15, 0.2) is 45.8 Å². The molecule has 118 valence electrons. The predicted molar refractivity (Wildman–Crippen MR) is 87.6 cm³/mol. The topological polar surface area (TPSA) is 85.5 Å². The average Bonchev–Trinajstić information content (AvgIpc) is 2.94. The number of amides is 1. The summed E-state index contributed by atoms with van der Waals surface area (Å²) in [6.07, 6.45) is 2.19. The lowest BCUT2D eigenvalue weighted by atomic mass is 10.1. The Hall–Kier alpha value is -2.48. The lowest BCUT2D eigenvalue weighted by Crippen LogP contribution is -2.35. The molecule has 0 radical (unpaired) electrons.